The zero-order valence-electron chi connectivity index (χ0n) is 13.6. The van der Waals surface area contributed by atoms with Crippen molar-refractivity contribution in [3.8, 4) is 0 Å². The fourth-order valence-corrected chi connectivity index (χ4v) is 2.85. The molecule has 22 heavy (non-hydrogen) atoms. The van der Waals surface area contributed by atoms with Gasteiger partial charge in [0.2, 0.25) is 0 Å². The maximum absolute atomic E-state index is 12.4. The molecule has 122 valence electrons. The maximum Gasteiger partial charge on any atom is 0.252 e. The number of para-hydroxylation sites is 1. The van der Waals surface area contributed by atoms with E-state index in [0.29, 0.717) is 6.54 Å². The van der Waals surface area contributed by atoms with Gasteiger partial charge in [0.1, 0.15) is 5.60 Å². The number of ether oxygens (including phenoxy) is 1. The highest BCUT2D eigenvalue weighted by atomic mass is 16.5. The summed E-state index contributed by atoms with van der Waals surface area (Å²) in [6.07, 6.45) is 2.38. The maximum atomic E-state index is 12.4. The van der Waals surface area contributed by atoms with Crippen LogP contribution in [0.5, 0.6) is 0 Å². The van der Waals surface area contributed by atoms with E-state index in [1.165, 1.54) is 5.69 Å². The highest BCUT2D eigenvalue weighted by molar-refractivity contribution is 5.85. The number of carbonyl (C=O) groups excluding carboxylic acids is 1. The Morgan fingerprint density at radius 3 is 2.64 bits per heavy atom. The van der Waals surface area contributed by atoms with E-state index in [1.54, 1.807) is 7.11 Å². The summed E-state index contributed by atoms with van der Waals surface area (Å²) in [7, 11) is 3.70. The first kappa shape index (κ1) is 16.8. The van der Waals surface area contributed by atoms with E-state index in [4.69, 9.17) is 4.74 Å². The van der Waals surface area contributed by atoms with Gasteiger partial charge in [0, 0.05) is 32.9 Å². The SMILES string of the molecule is COC1(C(=O)NCCCN(C)c2ccccc2)CCNCC1. The van der Waals surface area contributed by atoms with Crippen LogP contribution in [-0.2, 0) is 9.53 Å². The molecule has 0 unspecified atom stereocenters. The third-order valence-corrected chi connectivity index (χ3v) is 4.37. The Morgan fingerprint density at radius 1 is 1.32 bits per heavy atom. The standard InChI is InChI=1S/C17H27N3O2/c1-20(15-7-4-3-5-8-15)14-6-11-19-16(21)17(22-2)9-12-18-13-10-17/h3-5,7-8,18H,6,9-14H2,1-2H3,(H,19,21). The van der Waals surface area contributed by atoms with Crippen LogP contribution in [0.15, 0.2) is 30.3 Å². The molecule has 0 aromatic heterocycles. The summed E-state index contributed by atoms with van der Waals surface area (Å²) < 4.78 is 5.53. The number of piperidine rings is 1. The van der Waals surface area contributed by atoms with E-state index in [2.05, 4.69) is 34.7 Å². The molecule has 0 atom stereocenters. The highest BCUT2D eigenvalue weighted by Gasteiger charge is 2.39. The lowest BCUT2D eigenvalue weighted by Crippen LogP contribution is -2.54. The fraction of sp³-hybridized carbons (Fsp3) is 0.588. The van der Waals surface area contributed by atoms with Crippen molar-refractivity contribution >= 4 is 11.6 Å². The van der Waals surface area contributed by atoms with Crippen LogP contribution in [0.1, 0.15) is 19.3 Å². The van der Waals surface area contributed by atoms with E-state index >= 15 is 0 Å². The van der Waals surface area contributed by atoms with E-state index in [0.717, 1.165) is 38.9 Å². The molecule has 5 nitrogen and oxygen atoms in total. The van der Waals surface area contributed by atoms with Gasteiger partial charge >= 0.3 is 0 Å². The number of nitrogens with zero attached hydrogens (tertiary/aromatic N) is 1. The molecule has 0 radical (unpaired) electrons. The summed E-state index contributed by atoms with van der Waals surface area (Å²) in [6.45, 7) is 3.25. The van der Waals surface area contributed by atoms with Crippen LogP contribution >= 0.6 is 0 Å². The van der Waals surface area contributed by atoms with Crippen molar-refractivity contribution in [2.75, 3.05) is 45.2 Å². The lowest BCUT2D eigenvalue weighted by atomic mass is 9.91. The van der Waals surface area contributed by atoms with Crippen molar-refractivity contribution in [3.63, 3.8) is 0 Å². The number of nitrogens with one attached hydrogen (secondary N) is 2. The zero-order chi connectivity index (χ0) is 15.8. The summed E-state index contributed by atoms with van der Waals surface area (Å²) in [4.78, 5) is 14.6. The average molecular weight is 305 g/mol. The molecular weight excluding hydrogens is 278 g/mol. The van der Waals surface area contributed by atoms with Crippen LogP contribution in [-0.4, -0.2) is 51.8 Å². The molecule has 1 saturated heterocycles. The first-order valence-electron chi connectivity index (χ1n) is 7.98. The summed E-state index contributed by atoms with van der Waals surface area (Å²) in [5.74, 6) is 0.0267. The van der Waals surface area contributed by atoms with Gasteiger partial charge in [-0.2, -0.15) is 0 Å². The van der Waals surface area contributed by atoms with Crippen LogP contribution in [0.4, 0.5) is 5.69 Å². The van der Waals surface area contributed by atoms with Crippen molar-refractivity contribution in [2.45, 2.75) is 24.9 Å². The molecule has 1 aliphatic heterocycles. The Hall–Kier alpha value is -1.59. The fourth-order valence-electron chi connectivity index (χ4n) is 2.85. The minimum absolute atomic E-state index is 0.0267. The Morgan fingerprint density at radius 2 is 2.00 bits per heavy atom. The van der Waals surface area contributed by atoms with E-state index in [9.17, 15) is 4.79 Å². The Bertz CT molecular complexity index is 458. The molecule has 1 fully saturated rings. The van der Waals surface area contributed by atoms with Gasteiger partial charge in [-0.3, -0.25) is 4.79 Å². The molecule has 5 heteroatoms. The molecule has 0 saturated carbocycles. The second kappa shape index (κ2) is 8.15. The topological polar surface area (TPSA) is 53.6 Å². The first-order chi connectivity index (χ1) is 10.7. The highest BCUT2D eigenvalue weighted by Crippen LogP contribution is 2.22. The first-order valence-corrected chi connectivity index (χ1v) is 7.98. The predicted octanol–water partition coefficient (Wildman–Crippen LogP) is 1.40. The zero-order valence-corrected chi connectivity index (χ0v) is 13.6. The Balaban J connectivity index is 1.73. The van der Waals surface area contributed by atoms with Gasteiger partial charge in [0.25, 0.3) is 5.91 Å². The van der Waals surface area contributed by atoms with Gasteiger partial charge < -0.3 is 20.3 Å². The lowest BCUT2D eigenvalue weighted by Gasteiger charge is -2.34. The van der Waals surface area contributed by atoms with Crippen molar-refractivity contribution in [1.29, 1.82) is 0 Å². The van der Waals surface area contributed by atoms with Crippen LogP contribution in [0.3, 0.4) is 0 Å². The Labute approximate surface area is 133 Å². The summed E-state index contributed by atoms with van der Waals surface area (Å²) in [5, 5.41) is 6.29. The van der Waals surface area contributed by atoms with E-state index in [1.807, 2.05) is 18.2 Å². The molecule has 1 heterocycles. The molecule has 1 aliphatic rings. The van der Waals surface area contributed by atoms with Crippen molar-refractivity contribution < 1.29 is 9.53 Å². The lowest BCUT2D eigenvalue weighted by molar-refractivity contribution is -0.146. The minimum atomic E-state index is -0.642. The molecule has 0 bridgehead atoms. The number of rotatable bonds is 7. The Kier molecular flexibility index (Phi) is 6.21. The quantitative estimate of drug-likeness (QED) is 0.748. The van der Waals surface area contributed by atoms with Gasteiger partial charge in [-0.15, -0.1) is 0 Å². The third kappa shape index (κ3) is 4.21. The number of carbonyl (C=O) groups is 1. The second-order valence-electron chi connectivity index (χ2n) is 5.81. The molecule has 2 rings (SSSR count). The van der Waals surface area contributed by atoms with Gasteiger partial charge in [-0.1, -0.05) is 18.2 Å². The molecule has 1 aromatic rings. The third-order valence-electron chi connectivity index (χ3n) is 4.37. The average Bonchev–Trinajstić information content (AvgIpc) is 2.59. The molecule has 2 N–H and O–H groups in total. The summed E-state index contributed by atoms with van der Waals surface area (Å²) in [5.41, 5.74) is 0.553. The van der Waals surface area contributed by atoms with Crippen LogP contribution in [0.25, 0.3) is 0 Å². The molecule has 1 aromatic carbocycles. The van der Waals surface area contributed by atoms with Crippen molar-refractivity contribution in [2.24, 2.45) is 0 Å². The minimum Gasteiger partial charge on any atom is -0.375 e. The summed E-state index contributed by atoms with van der Waals surface area (Å²) >= 11 is 0. The number of amides is 1. The monoisotopic (exact) mass is 305 g/mol. The van der Waals surface area contributed by atoms with Crippen LogP contribution in [0.2, 0.25) is 0 Å². The van der Waals surface area contributed by atoms with Gasteiger partial charge in [-0.25, -0.2) is 0 Å². The molecule has 0 aliphatic carbocycles. The van der Waals surface area contributed by atoms with Crippen molar-refractivity contribution in [3.05, 3.63) is 30.3 Å². The van der Waals surface area contributed by atoms with Gasteiger partial charge in [0.05, 0.1) is 0 Å². The normalized spacial score (nSPS) is 17.0. The predicted molar refractivity (Wildman–Crippen MR) is 89.2 cm³/mol. The molecule has 1 amide bonds. The van der Waals surface area contributed by atoms with Crippen LogP contribution in [0, 0.1) is 0 Å². The summed E-state index contributed by atoms with van der Waals surface area (Å²) in [6, 6.07) is 10.3. The molecule has 0 spiro atoms. The number of methoxy groups -OCH3 is 1. The molecular formula is C17H27N3O2. The number of hydrogen-bond acceptors (Lipinski definition) is 4. The van der Waals surface area contributed by atoms with Gasteiger partial charge in [0.15, 0.2) is 0 Å². The largest absolute Gasteiger partial charge is 0.375 e. The van der Waals surface area contributed by atoms with Crippen molar-refractivity contribution in [1.82, 2.24) is 10.6 Å². The number of hydrogen-bond donors (Lipinski definition) is 2. The van der Waals surface area contributed by atoms with E-state index < -0.39 is 5.60 Å². The van der Waals surface area contributed by atoms with Gasteiger partial charge in [-0.05, 0) is 44.5 Å². The van der Waals surface area contributed by atoms with E-state index in [-0.39, 0.29) is 5.91 Å². The smallest absolute Gasteiger partial charge is 0.252 e. The number of anilines is 1. The second-order valence-corrected chi connectivity index (χ2v) is 5.81. The van der Waals surface area contributed by atoms with Crippen LogP contribution < -0.4 is 15.5 Å². The number of benzene rings is 1.